The Morgan fingerprint density at radius 1 is 1.29 bits per heavy atom. The summed E-state index contributed by atoms with van der Waals surface area (Å²) < 4.78 is 1.28. The first-order valence-electron chi connectivity index (χ1n) is 5.93. The molecule has 21 heavy (non-hydrogen) atoms. The van der Waals surface area contributed by atoms with Gasteiger partial charge < -0.3 is 5.73 Å². The summed E-state index contributed by atoms with van der Waals surface area (Å²) in [6.45, 7) is 0. The van der Waals surface area contributed by atoms with Crippen LogP contribution in [0.25, 0.3) is 5.69 Å². The number of nitrogen functional groups attached to an aromatic ring is 1. The number of nitrogens with two attached hydrogens (primary N) is 1. The molecule has 2 amide bonds. The summed E-state index contributed by atoms with van der Waals surface area (Å²) in [6.07, 6.45) is -0.0365. The van der Waals surface area contributed by atoms with Crippen molar-refractivity contribution in [2.24, 2.45) is 0 Å². The van der Waals surface area contributed by atoms with E-state index in [4.69, 9.17) is 5.73 Å². The summed E-state index contributed by atoms with van der Waals surface area (Å²) in [5.41, 5.74) is 6.73. The van der Waals surface area contributed by atoms with Gasteiger partial charge in [-0.3, -0.25) is 25.0 Å². The molecule has 106 valence electrons. The molecule has 0 saturated heterocycles. The number of carbonyl (C=O) groups is 2. The zero-order chi connectivity index (χ0) is 15.1. The maximum absolute atomic E-state index is 11.8. The lowest BCUT2D eigenvalue weighted by molar-refractivity contribution is -0.384. The molecule has 1 aliphatic heterocycles. The van der Waals surface area contributed by atoms with Crippen molar-refractivity contribution < 1.29 is 14.5 Å². The molecule has 0 spiro atoms. The number of amides is 2. The number of fused-ring (bicyclic) bond motifs is 1. The molecular formula is C12H9N5O4. The molecule has 0 saturated carbocycles. The second kappa shape index (κ2) is 4.40. The molecule has 1 aromatic heterocycles. The fourth-order valence-corrected chi connectivity index (χ4v) is 2.15. The Morgan fingerprint density at radius 2 is 1.95 bits per heavy atom. The third kappa shape index (κ3) is 2.00. The van der Waals surface area contributed by atoms with Crippen LogP contribution in [-0.2, 0) is 11.2 Å². The number of carbonyl (C=O) groups excluding carboxylic acids is 2. The van der Waals surface area contributed by atoms with Crippen molar-refractivity contribution in [1.29, 1.82) is 0 Å². The van der Waals surface area contributed by atoms with E-state index in [2.05, 4.69) is 10.4 Å². The van der Waals surface area contributed by atoms with Crippen LogP contribution in [0.5, 0.6) is 0 Å². The molecule has 3 N–H and O–H groups in total. The zero-order valence-corrected chi connectivity index (χ0v) is 10.6. The second-order valence-electron chi connectivity index (χ2n) is 4.45. The number of nitrogens with zero attached hydrogens (tertiary/aromatic N) is 3. The molecule has 1 aromatic carbocycles. The van der Waals surface area contributed by atoms with E-state index in [1.54, 1.807) is 0 Å². The molecule has 0 atom stereocenters. The van der Waals surface area contributed by atoms with Crippen LogP contribution >= 0.6 is 0 Å². The summed E-state index contributed by atoms with van der Waals surface area (Å²) in [6, 6.07) is 5.54. The molecule has 9 heteroatoms. The van der Waals surface area contributed by atoms with Crippen LogP contribution in [0.2, 0.25) is 0 Å². The smallest absolute Gasteiger partial charge is 0.269 e. The van der Waals surface area contributed by atoms with Crippen molar-refractivity contribution >= 4 is 23.3 Å². The Bertz CT molecular complexity index is 778. The molecule has 0 radical (unpaired) electrons. The van der Waals surface area contributed by atoms with Gasteiger partial charge in [0.25, 0.3) is 11.6 Å². The highest BCUT2D eigenvalue weighted by molar-refractivity contribution is 6.11. The Kier molecular flexibility index (Phi) is 2.68. The van der Waals surface area contributed by atoms with Crippen molar-refractivity contribution in [3.8, 4) is 5.69 Å². The summed E-state index contributed by atoms with van der Waals surface area (Å²) in [5, 5.41) is 16.9. The van der Waals surface area contributed by atoms with Gasteiger partial charge in [0.05, 0.1) is 22.7 Å². The van der Waals surface area contributed by atoms with Gasteiger partial charge in [0, 0.05) is 12.1 Å². The van der Waals surface area contributed by atoms with Crippen LogP contribution in [0, 0.1) is 10.1 Å². The van der Waals surface area contributed by atoms with Gasteiger partial charge in [-0.05, 0) is 12.1 Å². The zero-order valence-electron chi connectivity index (χ0n) is 10.6. The van der Waals surface area contributed by atoms with Gasteiger partial charge in [0.1, 0.15) is 11.4 Å². The molecule has 1 aliphatic rings. The predicted octanol–water partition coefficient (Wildman–Crippen LogP) is 0.175. The van der Waals surface area contributed by atoms with Crippen LogP contribution in [0.3, 0.4) is 0 Å². The van der Waals surface area contributed by atoms with E-state index >= 15 is 0 Å². The van der Waals surface area contributed by atoms with Crippen molar-refractivity contribution in [3.63, 3.8) is 0 Å². The highest BCUT2D eigenvalue weighted by Gasteiger charge is 2.29. The maximum Gasteiger partial charge on any atom is 0.269 e. The summed E-state index contributed by atoms with van der Waals surface area (Å²) in [7, 11) is 0. The van der Waals surface area contributed by atoms with Crippen molar-refractivity contribution in [3.05, 3.63) is 45.6 Å². The average molecular weight is 287 g/mol. The Hall–Kier alpha value is -3.23. The average Bonchev–Trinajstić information content (AvgIpc) is 2.76. The first kappa shape index (κ1) is 12.8. The minimum atomic E-state index is -0.591. The lowest BCUT2D eigenvalue weighted by Crippen LogP contribution is -2.37. The first-order valence-corrected chi connectivity index (χ1v) is 5.93. The Balaban J connectivity index is 2.08. The number of nitro groups is 1. The van der Waals surface area contributed by atoms with Gasteiger partial charge in [-0.2, -0.15) is 5.10 Å². The van der Waals surface area contributed by atoms with Gasteiger partial charge >= 0.3 is 0 Å². The molecule has 2 heterocycles. The fraction of sp³-hybridized carbons (Fsp3) is 0.0833. The Labute approximate surface area is 117 Å². The number of imide groups is 1. The van der Waals surface area contributed by atoms with E-state index in [0.29, 0.717) is 11.4 Å². The van der Waals surface area contributed by atoms with Crippen molar-refractivity contribution in [2.75, 3.05) is 5.73 Å². The van der Waals surface area contributed by atoms with E-state index in [0.717, 1.165) is 0 Å². The number of anilines is 1. The number of hydrogen-bond donors (Lipinski definition) is 2. The standard InChI is InChI=1S/C12H9N5O4/c13-11-10-8(5-9(18)14-12(10)19)15-16(11)6-1-3-7(4-2-6)17(20)21/h1-4H,5,13H2,(H,14,18,19). The SMILES string of the molecule is Nc1c2c(nn1-c1ccc([N+](=O)[O-])cc1)CC(=O)NC2=O. The molecule has 2 aromatic rings. The molecule has 9 nitrogen and oxygen atoms in total. The number of benzene rings is 1. The summed E-state index contributed by atoms with van der Waals surface area (Å²) in [5.74, 6) is -0.948. The van der Waals surface area contributed by atoms with E-state index in [1.807, 2.05) is 0 Å². The molecule has 0 bridgehead atoms. The van der Waals surface area contributed by atoms with Crippen LogP contribution in [0.1, 0.15) is 16.1 Å². The minimum Gasteiger partial charge on any atom is -0.383 e. The van der Waals surface area contributed by atoms with E-state index in [1.165, 1.54) is 28.9 Å². The second-order valence-corrected chi connectivity index (χ2v) is 4.45. The van der Waals surface area contributed by atoms with Gasteiger partial charge in [-0.1, -0.05) is 0 Å². The third-order valence-electron chi connectivity index (χ3n) is 3.11. The van der Waals surface area contributed by atoms with Gasteiger partial charge in [-0.15, -0.1) is 0 Å². The van der Waals surface area contributed by atoms with Crippen molar-refractivity contribution in [1.82, 2.24) is 15.1 Å². The van der Waals surface area contributed by atoms with Crippen LogP contribution in [0.15, 0.2) is 24.3 Å². The molecular weight excluding hydrogens is 278 g/mol. The number of aromatic nitrogens is 2. The summed E-state index contributed by atoms with van der Waals surface area (Å²) in [4.78, 5) is 33.2. The largest absolute Gasteiger partial charge is 0.383 e. The van der Waals surface area contributed by atoms with Crippen LogP contribution in [-0.4, -0.2) is 26.5 Å². The lowest BCUT2D eigenvalue weighted by atomic mass is 10.1. The molecule has 0 aliphatic carbocycles. The highest BCUT2D eigenvalue weighted by Crippen LogP contribution is 2.24. The number of hydrogen-bond acceptors (Lipinski definition) is 6. The van der Waals surface area contributed by atoms with Crippen LogP contribution < -0.4 is 11.1 Å². The number of nitrogens with one attached hydrogen (secondary N) is 1. The predicted molar refractivity (Wildman–Crippen MR) is 70.8 cm³/mol. The van der Waals surface area contributed by atoms with Gasteiger partial charge in [0.15, 0.2) is 0 Å². The topological polar surface area (TPSA) is 133 Å². The monoisotopic (exact) mass is 287 g/mol. The molecule has 3 rings (SSSR count). The first-order chi connectivity index (χ1) is 9.97. The normalized spacial score (nSPS) is 13.7. The highest BCUT2D eigenvalue weighted by atomic mass is 16.6. The molecule has 0 unspecified atom stereocenters. The van der Waals surface area contributed by atoms with Gasteiger partial charge in [0.2, 0.25) is 5.91 Å². The third-order valence-corrected chi connectivity index (χ3v) is 3.11. The lowest BCUT2D eigenvalue weighted by Gasteiger charge is -2.09. The summed E-state index contributed by atoms with van der Waals surface area (Å²) >= 11 is 0. The quantitative estimate of drug-likeness (QED) is 0.459. The maximum atomic E-state index is 11.8. The fourth-order valence-electron chi connectivity index (χ4n) is 2.15. The van der Waals surface area contributed by atoms with Crippen LogP contribution in [0.4, 0.5) is 11.5 Å². The van der Waals surface area contributed by atoms with Crippen molar-refractivity contribution in [2.45, 2.75) is 6.42 Å². The van der Waals surface area contributed by atoms with E-state index in [9.17, 15) is 19.7 Å². The minimum absolute atomic E-state index is 0.0365. The number of rotatable bonds is 2. The molecule has 0 fully saturated rings. The number of non-ortho nitro benzene ring substituents is 1. The number of nitro benzene ring substituents is 1. The Morgan fingerprint density at radius 3 is 2.57 bits per heavy atom. The van der Waals surface area contributed by atoms with E-state index in [-0.39, 0.29) is 23.5 Å². The van der Waals surface area contributed by atoms with Gasteiger partial charge in [-0.25, -0.2) is 4.68 Å². The van der Waals surface area contributed by atoms with E-state index < -0.39 is 16.7 Å².